The summed E-state index contributed by atoms with van der Waals surface area (Å²) in [6, 6.07) is 13.8. The highest BCUT2D eigenvalue weighted by molar-refractivity contribution is 5.94. The van der Waals surface area contributed by atoms with Crippen molar-refractivity contribution >= 4 is 17.5 Å². The van der Waals surface area contributed by atoms with Crippen LogP contribution in [0.4, 0.5) is 0 Å². The van der Waals surface area contributed by atoms with Crippen molar-refractivity contribution in [3.63, 3.8) is 0 Å². The van der Waals surface area contributed by atoms with Gasteiger partial charge in [0.15, 0.2) is 5.69 Å². The molecule has 1 aromatic carbocycles. The lowest BCUT2D eigenvalue weighted by Crippen LogP contribution is -2.37. The van der Waals surface area contributed by atoms with E-state index in [1.807, 2.05) is 54.9 Å². The Kier molecular flexibility index (Phi) is 6.55. The third-order valence-corrected chi connectivity index (χ3v) is 6.26. The average Bonchev–Trinajstić information content (AvgIpc) is 3.43. The zero-order chi connectivity index (χ0) is 22.7. The Morgan fingerprint density at radius 3 is 2.72 bits per heavy atom. The number of methoxy groups -OCH3 is 1. The predicted molar refractivity (Wildman–Crippen MR) is 122 cm³/mol. The Balaban J connectivity index is 1.62. The minimum atomic E-state index is -0.283. The first-order valence-corrected chi connectivity index (χ1v) is 11.1. The summed E-state index contributed by atoms with van der Waals surface area (Å²) in [5.41, 5.74) is 4.24. The van der Waals surface area contributed by atoms with Gasteiger partial charge in [-0.1, -0.05) is 36.4 Å². The van der Waals surface area contributed by atoms with Crippen LogP contribution in [0.1, 0.15) is 40.2 Å². The molecule has 1 amide bonds. The number of ether oxygens (including phenoxy) is 1. The van der Waals surface area contributed by atoms with Crippen LogP contribution in [0.3, 0.4) is 0 Å². The van der Waals surface area contributed by atoms with Crippen molar-refractivity contribution in [2.24, 2.45) is 0 Å². The molecule has 0 aliphatic carbocycles. The number of likely N-dealkylation sites (N-methyl/N-ethyl adjacent to an activating group) is 1. The van der Waals surface area contributed by atoms with Crippen LogP contribution in [0, 0.1) is 6.92 Å². The van der Waals surface area contributed by atoms with Gasteiger partial charge in [-0.15, -0.1) is 0 Å². The van der Waals surface area contributed by atoms with Gasteiger partial charge < -0.3 is 14.0 Å². The number of hydrogen-bond donors (Lipinski definition) is 0. The van der Waals surface area contributed by atoms with Crippen LogP contribution in [-0.2, 0) is 22.5 Å². The Morgan fingerprint density at radius 1 is 1.19 bits per heavy atom. The SMILES string of the molecule is COC(=O)[C@@H]1CCCN1Cc1c(C(=O)N(C)CCc2ccccc2)nc2c(C)cccn12. The first kappa shape index (κ1) is 22.0. The Labute approximate surface area is 188 Å². The van der Waals surface area contributed by atoms with Crippen molar-refractivity contribution in [3.8, 4) is 0 Å². The largest absolute Gasteiger partial charge is 0.468 e. The van der Waals surface area contributed by atoms with E-state index in [1.165, 1.54) is 12.7 Å². The topological polar surface area (TPSA) is 67.2 Å². The van der Waals surface area contributed by atoms with Gasteiger partial charge in [-0.2, -0.15) is 0 Å². The fourth-order valence-corrected chi connectivity index (χ4v) is 4.41. The number of amides is 1. The Bertz CT molecular complexity index is 1110. The van der Waals surface area contributed by atoms with E-state index >= 15 is 0 Å². The summed E-state index contributed by atoms with van der Waals surface area (Å²) in [6.45, 7) is 3.85. The van der Waals surface area contributed by atoms with E-state index in [0.29, 0.717) is 18.8 Å². The molecule has 1 aliphatic heterocycles. The molecule has 0 unspecified atom stereocenters. The lowest BCUT2D eigenvalue weighted by Gasteiger charge is -2.23. The van der Waals surface area contributed by atoms with Crippen molar-refractivity contribution in [1.82, 2.24) is 19.2 Å². The van der Waals surface area contributed by atoms with E-state index in [-0.39, 0.29) is 17.9 Å². The summed E-state index contributed by atoms with van der Waals surface area (Å²) in [7, 11) is 3.24. The minimum absolute atomic E-state index is 0.104. The molecule has 0 saturated carbocycles. The molecule has 1 fully saturated rings. The highest BCUT2D eigenvalue weighted by atomic mass is 16.5. The van der Waals surface area contributed by atoms with Crippen molar-refractivity contribution in [1.29, 1.82) is 0 Å². The molecule has 2 aromatic heterocycles. The molecular formula is C25H30N4O3. The molecule has 0 bridgehead atoms. The first-order chi connectivity index (χ1) is 15.5. The van der Waals surface area contributed by atoms with E-state index in [0.717, 1.165) is 42.7 Å². The van der Waals surface area contributed by atoms with Gasteiger partial charge >= 0.3 is 5.97 Å². The summed E-state index contributed by atoms with van der Waals surface area (Å²) < 4.78 is 6.99. The van der Waals surface area contributed by atoms with E-state index in [9.17, 15) is 9.59 Å². The quantitative estimate of drug-likeness (QED) is 0.535. The standard InChI is InChI=1S/C25H30N4O3/c1-18-9-7-15-29-21(17-28-14-8-12-20(28)25(31)32-3)22(26-23(18)29)24(30)27(2)16-13-19-10-5-4-6-11-19/h4-7,9-11,15,20H,8,12-14,16-17H2,1-3H3/t20-/m0/s1. The number of fused-ring (bicyclic) bond motifs is 1. The van der Waals surface area contributed by atoms with E-state index in [1.54, 1.807) is 4.90 Å². The number of hydrogen-bond acceptors (Lipinski definition) is 5. The molecule has 1 atom stereocenters. The number of likely N-dealkylation sites (tertiary alicyclic amines) is 1. The number of rotatable bonds is 7. The van der Waals surface area contributed by atoms with Crippen molar-refractivity contribution in [2.45, 2.75) is 38.8 Å². The van der Waals surface area contributed by atoms with Gasteiger partial charge in [0, 0.05) is 26.3 Å². The number of esters is 1. The van der Waals surface area contributed by atoms with Crippen LogP contribution in [0.5, 0.6) is 0 Å². The van der Waals surface area contributed by atoms with Crippen LogP contribution in [0.2, 0.25) is 0 Å². The highest BCUT2D eigenvalue weighted by Gasteiger charge is 2.33. The lowest BCUT2D eigenvalue weighted by molar-refractivity contribution is -0.146. The monoisotopic (exact) mass is 434 g/mol. The molecule has 0 spiro atoms. The lowest BCUT2D eigenvalue weighted by atomic mass is 10.1. The normalized spacial score (nSPS) is 16.4. The molecule has 7 heteroatoms. The molecule has 168 valence electrons. The number of aromatic nitrogens is 2. The Morgan fingerprint density at radius 2 is 1.97 bits per heavy atom. The number of pyridine rings is 1. The molecule has 0 N–H and O–H groups in total. The molecule has 3 heterocycles. The number of benzene rings is 1. The van der Waals surface area contributed by atoms with Gasteiger partial charge in [0.1, 0.15) is 11.7 Å². The molecule has 1 saturated heterocycles. The number of imidazole rings is 1. The maximum Gasteiger partial charge on any atom is 0.323 e. The van der Waals surface area contributed by atoms with Gasteiger partial charge in [0.05, 0.1) is 12.8 Å². The molecule has 3 aromatic rings. The maximum atomic E-state index is 13.5. The van der Waals surface area contributed by atoms with Gasteiger partial charge in [-0.25, -0.2) is 4.98 Å². The fourth-order valence-electron chi connectivity index (χ4n) is 4.41. The minimum Gasteiger partial charge on any atom is -0.468 e. The third kappa shape index (κ3) is 4.39. The van der Waals surface area contributed by atoms with Gasteiger partial charge in [0.2, 0.25) is 0 Å². The Hall–Kier alpha value is -3.19. The van der Waals surface area contributed by atoms with Gasteiger partial charge in [-0.3, -0.25) is 14.5 Å². The number of aryl methyl sites for hydroxylation is 1. The smallest absolute Gasteiger partial charge is 0.323 e. The molecule has 7 nitrogen and oxygen atoms in total. The van der Waals surface area contributed by atoms with E-state index < -0.39 is 0 Å². The number of nitrogens with zero attached hydrogens (tertiary/aromatic N) is 4. The van der Waals surface area contributed by atoms with Gasteiger partial charge in [-0.05, 0) is 49.9 Å². The summed E-state index contributed by atoms with van der Waals surface area (Å²) in [4.78, 5) is 34.3. The van der Waals surface area contributed by atoms with E-state index in [4.69, 9.17) is 9.72 Å². The third-order valence-electron chi connectivity index (χ3n) is 6.26. The average molecular weight is 435 g/mol. The fraction of sp³-hybridized carbons (Fsp3) is 0.400. The maximum absolute atomic E-state index is 13.5. The molecule has 0 radical (unpaired) electrons. The van der Waals surface area contributed by atoms with Crippen LogP contribution >= 0.6 is 0 Å². The zero-order valence-electron chi connectivity index (χ0n) is 19.0. The molecule has 32 heavy (non-hydrogen) atoms. The van der Waals surface area contributed by atoms with Crippen molar-refractivity contribution < 1.29 is 14.3 Å². The summed E-state index contributed by atoms with van der Waals surface area (Å²) in [6.07, 6.45) is 4.41. The molecule has 1 aliphatic rings. The summed E-state index contributed by atoms with van der Waals surface area (Å²) >= 11 is 0. The predicted octanol–water partition coefficient (Wildman–Crippen LogP) is 3.09. The summed E-state index contributed by atoms with van der Waals surface area (Å²) in [5.74, 6) is -0.326. The second-order valence-corrected chi connectivity index (χ2v) is 8.41. The van der Waals surface area contributed by atoms with Crippen molar-refractivity contribution in [3.05, 3.63) is 71.2 Å². The second-order valence-electron chi connectivity index (χ2n) is 8.41. The number of carbonyl (C=O) groups is 2. The molecule has 4 rings (SSSR count). The second kappa shape index (κ2) is 9.53. The van der Waals surface area contributed by atoms with Gasteiger partial charge in [0.25, 0.3) is 5.91 Å². The zero-order valence-corrected chi connectivity index (χ0v) is 19.0. The van der Waals surface area contributed by atoms with Crippen LogP contribution in [-0.4, -0.2) is 64.3 Å². The van der Waals surface area contributed by atoms with Crippen molar-refractivity contribution in [2.75, 3.05) is 27.2 Å². The van der Waals surface area contributed by atoms with Crippen LogP contribution in [0.25, 0.3) is 5.65 Å². The van der Waals surface area contributed by atoms with Crippen LogP contribution in [0.15, 0.2) is 48.7 Å². The molecular weight excluding hydrogens is 404 g/mol. The van der Waals surface area contributed by atoms with Crippen LogP contribution < -0.4 is 0 Å². The number of carbonyl (C=O) groups excluding carboxylic acids is 2. The van der Waals surface area contributed by atoms with E-state index in [2.05, 4.69) is 17.0 Å². The first-order valence-electron chi connectivity index (χ1n) is 11.1. The summed E-state index contributed by atoms with van der Waals surface area (Å²) in [5, 5.41) is 0. The highest BCUT2D eigenvalue weighted by Crippen LogP contribution is 2.25.